The number of nitrogens with one attached hydrogen (secondary N) is 1. The fourth-order valence-corrected chi connectivity index (χ4v) is 3.40. The maximum absolute atomic E-state index is 11.3. The molecule has 1 amide bonds. The average Bonchev–Trinajstić information content (AvgIpc) is 3.06. The summed E-state index contributed by atoms with van der Waals surface area (Å²) in [5.74, 6) is 0.641. The molecular weight excluding hydrogens is 316 g/mol. The van der Waals surface area contributed by atoms with Crippen molar-refractivity contribution in [1.82, 2.24) is 19.6 Å². The molecule has 1 aliphatic rings. The summed E-state index contributed by atoms with van der Waals surface area (Å²) in [6.07, 6.45) is 8.86. The summed E-state index contributed by atoms with van der Waals surface area (Å²) in [6.45, 7) is 0. The lowest BCUT2D eigenvalue weighted by molar-refractivity contribution is -0.122. The average molecular weight is 336 g/mol. The number of aromatic nitrogens is 4. The molecule has 128 valence electrons. The Balaban J connectivity index is 1.54. The standard InChI is InChI=1S/C18H20N6O/c19-18(25)13-1-3-14(4-2-13)22-16-5-6-17-21-11-15(24(17)23-16)12-7-9-20-10-8-12/h5-11,13-14H,1-4H2,(H2,19,25)(H,22,23)/t13-,14-. The van der Waals surface area contributed by atoms with E-state index >= 15 is 0 Å². The summed E-state index contributed by atoms with van der Waals surface area (Å²) >= 11 is 0. The van der Waals surface area contributed by atoms with Crippen LogP contribution in [0.2, 0.25) is 0 Å². The summed E-state index contributed by atoms with van der Waals surface area (Å²) in [5, 5.41) is 8.17. The summed E-state index contributed by atoms with van der Waals surface area (Å²) in [7, 11) is 0. The Morgan fingerprint density at radius 1 is 1.12 bits per heavy atom. The number of anilines is 1. The number of amides is 1. The second-order valence-corrected chi connectivity index (χ2v) is 6.46. The van der Waals surface area contributed by atoms with Gasteiger partial charge >= 0.3 is 0 Å². The molecule has 0 bridgehead atoms. The zero-order valence-electron chi connectivity index (χ0n) is 13.8. The monoisotopic (exact) mass is 336 g/mol. The Bertz CT molecular complexity index is 883. The number of pyridine rings is 1. The van der Waals surface area contributed by atoms with Crippen LogP contribution in [0.5, 0.6) is 0 Å². The van der Waals surface area contributed by atoms with E-state index in [1.807, 2.05) is 35.0 Å². The van der Waals surface area contributed by atoms with Gasteiger partial charge in [-0.1, -0.05) is 0 Å². The van der Waals surface area contributed by atoms with Gasteiger partial charge in [0.05, 0.1) is 11.9 Å². The molecule has 0 saturated heterocycles. The van der Waals surface area contributed by atoms with E-state index in [0.717, 1.165) is 48.4 Å². The second kappa shape index (κ2) is 6.51. The second-order valence-electron chi connectivity index (χ2n) is 6.46. The van der Waals surface area contributed by atoms with Crippen molar-refractivity contribution in [2.75, 3.05) is 5.32 Å². The van der Waals surface area contributed by atoms with Gasteiger partial charge in [0.25, 0.3) is 0 Å². The van der Waals surface area contributed by atoms with Crippen molar-refractivity contribution in [1.29, 1.82) is 0 Å². The van der Waals surface area contributed by atoms with Gasteiger partial charge in [-0.2, -0.15) is 0 Å². The lowest BCUT2D eigenvalue weighted by Crippen LogP contribution is -2.32. The number of fused-ring (bicyclic) bond motifs is 1. The first-order valence-electron chi connectivity index (χ1n) is 8.52. The van der Waals surface area contributed by atoms with Gasteiger partial charge in [0.2, 0.25) is 5.91 Å². The molecule has 1 fully saturated rings. The van der Waals surface area contributed by atoms with Crippen LogP contribution in [0.4, 0.5) is 5.82 Å². The van der Waals surface area contributed by atoms with Gasteiger partial charge in [-0.25, -0.2) is 9.50 Å². The molecule has 1 saturated carbocycles. The maximum Gasteiger partial charge on any atom is 0.220 e. The largest absolute Gasteiger partial charge is 0.369 e. The third-order valence-electron chi connectivity index (χ3n) is 4.82. The minimum atomic E-state index is -0.182. The van der Waals surface area contributed by atoms with Crippen molar-refractivity contribution in [2.24, 2.45) is 11.7 Å². The number of rotatable bonds is 4. The number of hydrogen-bond acceptors (Lipinski definition) is 5. The van der Waals surface area contributed by atoms with Crippen LogP contribution >= 0.6 is 0 Å². The summed E-state index contributed by atoms with van der Waals surface area (Å²) in [4.78, 5) is 19.7. The van der Waals surface area contributed by atoms with Crippen LogP contribution in [-0.4, -0.2) is 31.5 Å². The van der Waals surface area contributed by atoms with E-state index in [-0.39, 0.29) is 11.8 Å². The number of imidazole rings is 1. The van der Waals surface area contributed by atoms with Crippen LogP contribution in [0, 0.1) is 5.92 Å². The van der Waals surface area contributed by atoms with Crippen molar-refractivity contribution in [3.05, 3.63) is 42.9 Å². The smallest absolute Gasteiger partial charge is 0.220 e. The first-order chi connectivity index (χ1) is 12.2. The van der Waals surface area contributed by atoms with Crippen LogP contribution in [0.3, 0.4) is 0 Å². The summed E-state index contributed by atoms with van der Waals surface area (Å²) < 4.78 is 1.84. The van der Waals surface area contributed by atoms with Gasteiger partial charge in [0.1, 0.15) is 5.82 Å². The molecule has 3 heterocycles. The normalized spacial score (nSPS) is 20.5. The molecule has 0 atom stereocenters. The van der Waals surface area contributed by atoms with Crippen molar-refractivity contribution in [3.8, 4) is 11.3 Å². The molecule has 25 heavy (non-hydrogen) atoms. The Morgan fingerprint density at radius 3 is 2.60 bits per heavy atom. The fourth-order valence-electron chi connectivity index (χ4n) is 3.40. The van der Waals surface area contributed by atoms with Crippen LogP contribution in [-0.2, 0) is 4.79 Å². The summed E-state index contributed by atoms with van der Waals surface area (Å²) in [5.41, 5.74) is 8.15. The zero-order chi connectivity index (χ0) is 17.2. The van der Waals surface area contributed by atoms with E-state index in [2.05, 4.69) is 15.3 Å². The Labute approximate surface area is 145 Å². The van der Waals surface area contributed by atoms with Gasteiger partial charge in [-0.3, -0.25) is 9.78 Å². The van der Waals surface area contributed by atoms with Gasteiger partial charge in [-0.05, 0) is 49.9 Å². The molecule has 0 aromatic carbocycles. The molecule has 3 aromatic heterocycles. The Kier molecular flexibility index (Phi) is 4.05. The number of carbonyl (C=O) groups excluding carboxylic acids is 1. The lowest BCUT2D eigenvalue weighted by atomic mass is 9.85. The van der Waals surface area contributed by atoms with E-state index in [1.54, 1.807) is 12.4 Å². The first kappa shape index (κ1) is 15.6. The van der Waals surface area contributed by atoms with Crippen molar-refractivity contribution in [3.63, 3.8) is 0 Å². The quantitative estimate of drug-likeness (QED) is 0.761. The lowest BCUT2D eigenvalue weighted by Gasteiger charge is -2.27. The number of carbonyl (C=O) groups is 1. The molecule has 3 N–H and O–H groups in total. The molecule has 0 aliphatic heterocycles. The van der Waals surface area contributed by atoms with Crippen molar-refractivity contribution >= 4 is 17.4 Å². The highest BCUT2D eigenvalue weighted by Crippen LogP contribution is 2.26. The molecule has 3 aromatic rings. The number of hydrogen-bond donors (Lipinski definition) is 2. The van der Waals surface area contributed by atoms with Crippen LogP contribution in [0.15, 0.2) is 42.9 Å². The third kappa shape index (κ3) is 3.17. The number of nitrogens with zero attached hydrogens (tertiary/aromatic N) is 4. The van der Waals surface area contributed by atoms with Gasteiger partial charge in [0.15, 0.2) is 5.65 Å². The molecule has 0 spiro atoms. The molecule has 1 aliphatic carbocycles. The van der Waals surface area contributed by atoms with E-state index in [4.69, 9.17) is 10.8 Å². The third-order valence-corrected chi connectivity index (χ3v) is 4.82. The van der Waals surface area contributed by atoms with Crippen LogP contribution in [0.1, 0.15) is 25.7 Å². The van der Waals surface area contributed by atoms with Crippen molar-refractivity contribution < 1.29 is 4.79 Å². The molecule has 0 radical (unpaired) electrons. The highest BCUT2D eigenvalue weighted by atomic mass is 16.1. The Morgan fingerprint density at radius 2 is 1.88 bits per heavy atom. The minimum absolute atomic E-state index is 0.0143. The van der Waals surface area contributed by atoms with Crippen LogP contribution < -0.4 is 11.1 Å². The maximum atomic E-state index is 11.3. The van der Waals surface area contributed by atoms with Gasteiger partial charge < -0.3 is 11.1 Å². The van der Waals surface area contributed by atoms with E-state index in [9.17, 15) is 4.79 Å². The van der Waals surface area contributed by atoms with E-state index < -0.39 is 0 Å². The topological polar surface area (TPSA) is 98.2 Å². The van der Waals surface area contributed by atoms with Gasteiger partial charge in [-0.15, -0.1) is 5.10 Å². The molecule has 7 nitrogen and oxygen atoms in total. The van der Waals surface area contributed by atoms with Gasteiger partial charge in [0, 0.05) is 29.9 Å². The highest BCUT2D eigenvalue weighted by Gasteiger charge is 2.24. The van der Waals surface area contributed by atoms with E-state index in [0.29, 0.717) is 6.04 Å². The fraction of sp³-hybridized carbons (Fsp3) is 0.333. The molecular formula is C18H20N6O. The van der Waals surface area contributed by atoms with Crippen LogP contribution in [0.25, 0.3) is 16.9 Å². The van der Waals surface area contributed by atoms with Crippen molar-refractivity contribution in [2.45, 2.75) is 31.7 Å². The predicted molar refractivity (Wildman–Crippen MR) is 94.8 cm³/mol. The zero-order valence-corrected chi connectivity index (χ0v) is 13.8. The Hall–Kier alpha value is -2.96. The number of nitrogens with two attached hydrogens (primary N) is 1. The number of primary amides is 1. The molecule has 0 unspecified atom stereocenters. The SMILES string of the molecule is NC(=O)[C@H]1CC[C@H](Nc2ccc3ncc(-c4ccncc4)n3n2)CC1. The molecule has 4 rings (SSSR count). The minimum Gasteiger partial charge on any atom is -0.369 e. The predicted octanol–water partition coefficient (Wildman–Crippen LogP) is 2.25. The highest BCUT2D eigenvalue weighted by molar-refractivity contribution is 5.76. The van der Waals surface area contributed by atoms with E-state index in [1.165, 1.54) is 0 Å². The summed E-state index contributed by atoms with van der Waals surface area (Å²) in [6, 6.07) is 8.09. The molecule has 7 heteroatoms. The first-order valence-corrected chi connectivity index (χ1v) is 8.52.